The zero-order chi connectivity index (χ0) is 17.8. The number of amides is 2. The van der Waals surface area contributed by atoms with Crippen LogP contribution < -0.4 is 5.32 Å². The fourth-order valence-electron chi connectivity index (χ4n) is 3.47. The van der Waals surface area contributed by atoms with Crippen molar-refractivity contribution in [1.82, 2.24) is 4.90 Å². The number of nitrogens with one attached hydrogen (secondary N) is 1. The molecule has 2 aliphatic heterocycles. The van der Waals surface area contributed by atoms with Crippen LogP contribution in [-0.4, -0.2) is 44.5 Å². The van der Waals surface area contributed by atoms with Crippen LogP contribution in [0.5, 0.6) is 0 Å². The Labute approximate surface area is 152 Å². The van der Waals surface area contributed by atoms with Crippen molar-refractivity contribution in [2.45, 2.75) is 30.7 Å². The monoisotopic (exact) mass is 376 g/mol. The van der Waals surface area contributed by atoms with Gasteiger partial charge in [-0.15, -0.1) is 23.1 Å². The lowest BCUT2D eigenvalue weighted by Crippen LogP contribution is -2.48. The predicted molar refractivity (Wildman–Crippen MR) is 98.1 cm³/mol. The summed E-state index contributed by atoms with van der Waals surface area (Å²) < 4.78 is 0.856. The summed E-state index contributed by atoms with van der Waals surface area (Å²) in [4.78, 5) is 37.6. The summed E-state index contributed by atoms with van der Waals surface area (Å²) >= 11 is 2.86. The summed E-state index contributed by atoms with van der Waals surface area (Å²) in [5.41, 5.74) is 0.609. The van der Waals surface area contributed by atoms with E-state index in [1.165, 1.54) is 11.3 Å². The normalized spacial score (nSPS) is 25.4. The summed E-state index contributed by atoms with van der Waals surface area (Å²) in [6.45, 7) is 2.01. The molecule has 8 heteroatoms. The number of rotatable bonds is 3. The molecule has 2 atom stereocenters. The number of anilines is 1. The molecule has 4 rings (SSSR count). The highest BCUT2D eigenvalue weighted by atomic mass is 32.2. The third-order valence-corrected chi connectivity index (χ3v) is 7.35. The lowest BCUT2D eigenvalue weighted by atomic mass is 10.2. The molecule has 130 valence electrons. The summed E-state index contributed by atoms with van der Waals surface area (Å²) in [5, 5.41) is 12.7. The molecule has 0 spiro atoms. The quantitative estimate of drug-likeness (QED) is 0.860. The van der Waals surface area contributed by atoms with Crippen LogP contribution in [0, 0.1) is 0 Å². The maximum Gasteiger partial charge on any atom is 0.345 e. The molecule has 2 amide bonds. The Morgan fingerprint density at radius 2 is 2.16 bits per heavy atom. The first-order chi connectivity index (χ1) is 11.9. The van der Waals surface area contributed by atoms with Crippen molar-refractivity contribution in [2.24, 2.45) is 0 Å². The number of hydrogen-bond donors (Lipinski definition) is 2. The summed E-state index contributed by atoms with van der Waals surface area (Å²) in [7, 11) is 0. The molecule has 0 aliphatic carbocycles. The first-order valence-electron chi connectivity index (χ1n) is 7.91. The van der Waals surface area contributed by atoms with Gasteiger partial charge in [0.05, 0.1) is 4.87 Å². The van der Waals surface area contributed by atoms with Crippen LogP contribution in [0.15, 0.2) is 24.3 Å². The van der Waals surface area contributed by atoms with Gasteiger partial charge < -0.3 is 15.3 Å². The van der Waals surface area contributed by atoms with Gasteiger partial charge in [0.1, 0.15) is 10.9 Å². The second-order valence-electron chi connectivity index (χ2n) is 6.42. The van der Waals surface area contributed by atoms with Gasteiger partial charge in [-0.2, -0.15) is 0 Å². The highest BCUT2D eigenvalue weighted by molar-refractivity contribution is 8.01. The molecule has 1 aromatic carbocycles. The largest absolute Gasteiger partial charge is 0.477 e. The average molecular weight is 376 g/mol. The number of carbonyl (C=O) groups excluding carboxylic acids is 2. The second kappa shape index (κ2) is 5.74. The van der Waals surface area contributed by atoms with E-state index in [1.54, 1.807) is 40.9 Å². The van der Waals surface area contributed by atoms with Crippen molar-refractivity contribution >= 4 is 56.7 Å². The van der Waals surface area contributed by atoms with Crippen LogP contribution in [0.3, 0.4) is 0 Å². The fourth-order valence-corrected chi connectivity index (χ4v) is 5.78. The second-order valence-corrected chi connectivity index (χ2v) is 9.01. The van der Waals surface area contributed by atoms with Crippen molar-refractivity contribution < 1.29 is 19.5 Å². The minimum absolute atomic E-state index is 0.0343. The number of thiophene rings is 1. The number of hydrogen-bond acceptors (Lipinski definition) is 5. The molecule has 0 bridgehead atoms. The lowest BCUT2D eigenvalue weighted by molar-refractivity contribution is -0.135. The first kappa shape index (κ1) is 16.4. The van der Waals surface area contributed by atoms with Gasteiger partial charge in [0.25, 0.3) is 0 Å². The van der Waals surface area contributed by atoms with Crippen molar-refractivity contribution in [3.63, 3.8) is 0 Å². The Kier molecular flexibility index (Phi) is 3.77. The zero-order valence-corrected chi connectivity index (χ0v) is 15.1. The van der Waals surface area contributed by atoms with Gasteiger partial charge in [0.15, 0.2) is 0 Å². The standard InChI is InChI=1S/C17H16N2O4S2/c1-17-5-4-14(20)19(17)11(8-24-17)15(21)18-10-2-3-12-9(6-10)7-13(25-12)16(22)23/h2-3,6-7,11H,4-5,8H2,1H3,(H,18,21)(H,22,23). The van der Waals surface area contributed by atoms with Crippen LogP contribution in [0.25, 0.3) is 10.1 Å². The van der Waals surface area contributed by atoms with E-state index in [1.807, 2.05) is 6.92 Å². The molecule has 25 heavy (non-hydrogen) atoms. The van der Waals surface area contributed by atoms with Gasteiger partial charge in [-0.1, -0.05) is 0 Å². The number of nitrogens with zero attached hydrogens (tertiary/aromatic N) is 1. The molecule has 2 aliphatic rings. The summed E-state index contributed by atoms with van der Waals surface area (Å²) in [6, 6.07) is 6.47. The number of carboxylic acids is 1. The van der Waals surface area contributed by atoms with Crippen molar-refractivity contribution in [2.75, 3.05) is 11.1 Å². The van der Waals surface area contributed by atoms with E-state index in [9.17, 15) is 14.4 Å². The number of thioether (sulfide) groups is 1. The maximum atomic E-state index is 12.7. The smallest absolute Gasteiger partial charge is 0.345 e. The molecular formula is C17H16N2O4S2. The number of carbonyl (C=O) groups is 3. The minimum atomic E-state index is -0.957. The Hall–Kier alpha value is -2.06. The highest BCUT2D eigenvalue weighted by Gasteiger charge is 2.52. The molecule has 1 aromatic heterocycles. The van der Waals surface area contributed by atoms with E-state index < -0.39 is 12.0 Å². The van der Waals surface area contributed by atoms with Gasteiger partial charge in [-0.05, 0) is 43.0 Å². The van der Waals surface area contributed by atoms with E-state index in [0.717, 1.165) is 16.5 Å². The Balaban J connectivity index is 1.55. The third-order valence-electron chi connectivity index (χ3n) is 4.74. The highest BCUT2D eigenvalue weighted by Crippen LogP contribution is 2.47. The van der Waals surface area contributed by atoms with Crippen LogP contribution in [0.2, 0.25) is 0 Å². The van der Waals surface area contributed by atoms with E-state index in [4.69, 9.17) is 5.11 Å². The van der Waals surface area contributed by atoms with E-state index >= 15 is 0 Å². The Bertz CT molecular complexity index is 909. The predicted octanol–water partition coefficient (Wildman–Crippen LogP) is 2.99. The van der Waals surface area contributed by atoms with Gasteiger partial charge in [-0.3, -0.25) is 9.59 Å². The first-order valence-corrected chi connectivity index (χ1v) is 9.71. The number of aromatic carboxylic acids is 1. The van der Waals surface area contributed by atoms with Crippen molar-refractivity contribution in [3.8, 4) is 0 Å². The number of benzene rings is 1. The molecule has 2 aromatic rings. The van der Waals surface area contributed by atoms with E-state index in [2.05, 4.69) is 5.32 Å². The lowest BCUT2D eigenvalue weighted by Gasteiger charge is -2.29. The van der Waals surface area contributed by atoms with Crippen LogP contribution in [0.4, 0.5) is 5.69 Å². The molecule has 2 unspecified atom stereocenters. The number of carboxylic acid groups (broad SMARTS) is 1. The molecular weight excluding hydrogens is 360 g/mol. The SMILES string of the molecule is CC12CCC(=O)N1C(C(=O)Nc1ccc3sc(C(=O)O)cc3c1)CS2. The van der Waals surface area contributed by atoms with Gasteiger partial charge >= 0.3 is 5.97 Å². The molecule has 0 radical (unpaired) electrons. The molecule has 6 nitrogen and oxygen atoms in total. The van der Waals surface area contributed by atoms with E-state index in [-0.39, 0.29) is 21.6 Å². The van der Waals surface area contributed by atoms with Crippen molar-refractivity contribution in [1.29, 1.82) is 0 Å². The van der Waals surface area contributed by atoms with Crippen LogP contribution in [-0.2, 0) is 9.59 Å². The fraction of sp³-hybridized carbons (Fsp3) is 0.353. The van der Waals surface area contributed by atoms with Crippen molar-refractivity contribution in [3.05, 3.63) is 29.1 Å². The van der Waals surface area contributed by atoms with E-state index in [0.29, 0.717) is 17.9 Å². The molecule has 2 N–H and O–H groups in total. The van der Waals surface area contributed by atoms with Crippen LogP contribution >= 0.6 is 23.1 Å². The summed E-state index contributed by atoms with van der Waals surface area (Å²) in [6.07, 6.45) is 1.27. The van der Waals surface area contributed by atoms with Gasteiger partial charge in [-0.25, -0.2) is 4.79 Å². The maximum absolute atomic E-state index is 12.7. The van der Waals surface area contributed by atoms with Gasteiger partial charge in [0.2, 0.25) is 11.8 Å². The number of fused-ring (bicyclic) bond motifs is 2. The van der Waals surface area contributed by atoms with Crippen LogP contribution in [0.1, 0.15) is 29.4 Å². The zero-order valence-electron chi connectivity index (χ0n) is 13.4. The topological polar surface area (TPSA) is 86.7 Å². The molecule has 2 saturated heterocycles. The average Bonchev–Trinajstić information content (AvgIpc) is 3.21. The molecule has 0 saturated carbocycles. The minimum Gasteiger partial charge on any atom is -0.477 e. The van der Waals surface area contributed by atoms with Gasteiger partial charge in [0, 0.05) is 22.6 Å². The Morgan fingerprint density at radius 1 is 1.36 bits per heavy atom. The Morgan fingerprint density at radius 3 is 2.92 bits per heavy atom. The molecule has 3 heterocycles. The summed E-state index contributed by atoms with van der Waals surface area (Å²) in [5.74, 6) is -0.522. The third kappa shape index (κ3) is 2.69. The molecule has 2 fully saturated rings.